The smallest absolute Gasteiger partial charge is 0.284 e. The van der Waals surface area contributed by atoms with E-state index in [1.54, 1.807) is 0 Å². The van der Waals surface area contributed by atoms with Crippen molar-refractivity contribution >= 4 is 15.9 Å². The van der Waals surface area contributed by atoms with Gasteiger partial charge in [0.1, 0.15) is 0 Å². The minimum Gasteiger partial charge on any atom is -0.415 e. The van der Waals surface area contributed by atoms with E-state index in [1.807, 2.05) is 0 Å². The number of rotatable bonds is 2. The van der Waals surface area contributed by atoms with Gasteiger partial charge in [-0.3, -0.25) is 0 Å². The third-order valence-corrected chi connectivity index (χ3v) is 3.51. The summed E-state index contributed by atoms with van der Waals surface area (Å²) in [6.07, 6.45) is 6.32. The predicted molar refractivity (Wildman–Crippen MR) is 57.0 cm³/mol. The molecule has 1 aromatic rings. The van der Waals surface area contributed by atoms with Gasteiger partial charge in [0.05, 0.1) is 0 Å². The van der Waals surface area contributed by atoms with Crippen LogP contribution < -0.4 is 0 Å². The summed E-state index contributed by atoms with van der Waals surface area (Å²) < 4.78 is 5.39. The fraction of sp³-hybridized carbons (Fsp3) is 0.800. The molecule has 0 N–H and O–H groups in total. The maximum Gasteiger partial charge on any atom is 0.284 e. The highest BCUT2D eigenvalue weighted by atomic mass is 79.9. The maximum atomic E-state index is 5.39. The largest absolute Gasteiger partial charge is 0.415 e. The second kappa shape index (κ2) is 4.43. The molecule has 1 heterocycles. The van der Waals surface area contributed by atoms with Crippen LogP contribution >= 0.6 is 15.9 Å². The highest BCUT2D eigenvalue weighted by Gasteiger charge is 2.24. The first-order valence-electron chi connectivity index (χ1n) is 5.28. The van der Waals surface area contributed by atoms with Gasteiger partial charge in [-0.25, -0.2) is 0 Å². The molecule has 0 aliphatic heterocycles. The standard InChI is InChI=1S/C10H15BrN2O/c1-2-7-3-5-8(6-4-7)9-12-13-10(11)14-9/h7-8H,2-6H2,1H3. The van der Waals surface area contributed by atoms with Crippen LogP contribution in [0.3, 0.4) is 0 Å². The molecule has 78 valence electrons. The summed E-state index contributed by atoms with van der Waals surface area (Å²) in [5.74, 6) is 2.22. The summed E-state index contributed by atoms with van der Waals surface area (Å²) in [6.45, 7) is 2.27. The normalized spacial score (nSPS) is 27.9. The van der Waals surface area contributed by atoms with Crippen molar-refractivity contribution in [3.05, 3.63) is 10.7 Å². The van der Waals surface area contributed by atoms with E-state index >= 15 is 0 Å². The molecule has 1 aliphatic rings. The zero-order valence-electron chi connectivity index (χ0n) is 8.37. The molecule has 0 amide bonds. The first-order valence-corrected chi connectivity index (χ1v) is 6.07. The molecule has 2 rings (SSSR count). The molecule has 0 unspecified atom stereocenters. The summed E-state index contributed by atoms with van der Waals surface area (Å²) in [5, 5.41) is 7.86. The van der Waals surface area contributed by atoms with Crippen LogP contribution in [0.5, 0.6) is 0 Å². The molecule has 1 fully saturated rings. The fourth-order valence-corrected chi connectivity index (χ4v) is 2.44. The predicted octanol–water partition coefficient (Wildman–Crippen LogP) is 3.52. The van der Waals surface area contributed by atoms with Gasteiger partial charge in [0.2, 0.25) is 5.89 Å². The van der Waals surface area contributed by atoms with Crippen LogP contribution in [0.15, 0.2) is 9.22 Å². The number of nitrogens with zero attached hydrogens (tertiary/aromatic N) is 2. The monoisotopic (exact) mass is 258 g/mol. The Morgan fingerprint density at radius 3 is 2.50 bits per heavy atom. The molecule has 0 atom stereocenters. The molecule has 0 spiro atoms. The highest BCUT2D eigenvalue weighted by Crippen LogP contribution is 2.36. The highest BCUT2D eigenvalue weighted by molar-refractivity contribution is 9.10. The van der Waals surface area contributed by atoms with E-state index in [9.17, 15) is 0 Å². The molecular formula is C10H15BrN2O. The lowest BCUT2D eigenvalue weighted by Crippen LogP contribution is -2.12. The van der Waals surface area contributed by atoms with E-state index in [4.69, 9.17) is 4.42 Å². The van der Waals surface area contributed by atoms with Crippen LogP contribution in [0.2, 0.25) is 0 Å². The Labute approximate surface area is 92.4 Å². The van der Waals surface area contributed by atoms with E-state index in [-0.39, 0.29) is 0 Å². The SMILES string of the molecule is CCC1CCC(c2nnc(Br)o2)CC1. The van der Waals surface area contributed by atoms with Crippen LogP contribution in [0.4, 0.5) is 0 Å². The molecule has 3 nitrogen and oxygen atoms in total. The van der Waals surface area contributed by atoms with Crippen molar-refractivity contribution in [2.75, 3.05) is 0 Å². The minimum absolute atomic E-state index is 0.497. The van der Waals surface area contributed by atoms with Crippen molar-refractivity contribution in [1.82, 2.24) is 10.2 Å². The lowest BCUT2D eigenvalue weighted by molar-refractivity contribution is 0.285. The van der Waals surface area contributed by atoms with Gasteiger partial charge in [-0.15, -0.1) is 10.2 Å². The van der Waals surface area contributed by atoms with E-state index in [2.05, 4.69) is 33.1 Å². The molecule has 0 aromatic carbocycles. The van der Waals surface area contributed by atoms with E-state index in [0.717, 1.165) is 11.8 Å². The number of hydrogen-bond acceptors (Lipinski definition) is 3. The maximum absolute atomic E-state index is 5.39. The lowest BCUT2D eigenvalue weighted by Gasteiger charge is -2.25. The topological polar surface area (TPSA) is 38.9 Å². The summed E-state index contributed by atoms with van der Waals surface area (Å²) >= 11 is 3.18. The van der Waals surface area contributed by atoms with Gasteiger partial charge in [0.25, 0.3) is 4.80 Å². The lowest BCUT2D eigenvalue weighted by atomic mass is 9.81. The number of halogens is 1. The van der Waals surface area contributed by atoms with Crippen LogP contribution in [0.1, 0.15) is 50.8 Å². The molecule has 0 saturated heterocycles. The van der Waals surface area contributed by atoms with Crippen molar-refractivity contribution in [2.24, 2.45) is 5.92 Å². The van der Waals surface area contributed by atoms with Crippen LogP contribution in [-0.4, -0.2) is 10.2 Å². The summed E-state index contributed by atoms with van der Waals surface area (Å²) in [4.78, 5) is 0.505. The van der Waals surface area contributed by atoms with E-state index in [0.29, 0.717) is 10.7 Å². The number of aromatic nitrogens is 2. The van der Waals surface area contributed by atoms with Gasteiger partial charge in [-0.2, -0.15) is 0 Å². The van der Waals surface area contributed by atoms with Crippen molar-refractivity contribution in [3.8, 4) is 0 Å². The second-order valence-electron chi connectivity index (χ2n) is 4.02. The number of hydrogen-bond donors (Lipinski definition) is 0. The average Bonchev–Trinajstić information content (AvgIpc) is 2.65. The Balaban J connectivity index is 1.95. The Bertz CT molecular complexity index is 292. The van der Waals surface area contributed by atoms with Gasteiger partial charge >= 0.3 is 0 Å². The Hall–Kier alpha value is -0.380. The van der Waals surface area contributed by atoms with E-state index < -0.39 is 0 Å². The summed E-state index contributed by atoms with van der Waals surface area (Å²) in [6, 6.07) is 0. The van der Waals surface area contributed by atoms with Gasteiger partial charge in [-0.05, 0) is 31.6 Å². The summed E-state index contributed by atoms with van der Waals surface area (Å²) in [7, 11) is 0. The zero-order valence-corrected chi connectivity index (χ0v) is 9.96. The van der Waals surface area contributed by atoms with Crippen molar-refractivity contribution < 1.29 is 4.42 Å². The van der Waals surface area contributed by atoms with Gasteiger partial charge in [-0.1, -0.05) is 13.3 Å². The first-order chi connectivity index (χ1) is 6.79. The van der Waals surface area contributed by atoms with Crippen molar-refractivity contribution in [3.63, 3.8) is 0 Å². The van der Waals surface area contributed by atoms with Gasteiger partial charge in [0, 0.05) is 21.8 Å². The molecule has 1 saturated carbocycles. The van der Waals surface area contributed by atoms with E-state index in [1.165, 1.54) is 32.1 Å². The molecule has 1 aromatic heterocycles. The molecular weight excluding hydrogens is 244 g/mol. The van der Waals surface area contributed by atoms with Gasteiger partial charge < -0.3 is 4.42 Å². The zero-order chi connectivity index (χ0) is 9.97. The van der Waals surface area contributed by atoms with Crippen molar-refractivity contribution in [1.29, 1.82) is 0 Å². The second-order valence-corrected chi connectivity index (χ2v) is 4.70. The third-order valence-electron chi connectivity index (χ3n) is 3.19. The Kier molecular flexibility index (Phi) is 3.21. The average molecular weight is 259 g/mol. The van der Waals surface area contributed by atoms with Crippen LogP contribution in [0.25, 0.3) is 0 Å². The Morgan fingerprint density at radius 2 is 2.00 bits per heavy atom. The Morgan fingerprint density at radius 1 is 1.29 bits per heavy atom. The quantitative estimate of drug-likeness (QED) is 0.815. The molecule has 1 aliphatic carbocycles. The fourth-order valence-electron chi connectivity index (χ4n) is 2.20. The molecule has 14 heavy (non-hydrogen) atoms. The van der Waals surface area contributed by atoms with Gasteiger partial charge in [0.15, 0.2) is 0 Å². The first kappa shape index (κ1) is 10.1. The third kappa shape index (κ3) is 2.16. The molecule has 0 bridgehead atoms. The van der Waals surface area contributed by atoms with Crippen LogP contribution in [-0.2, 0) is 0 Å². The summed E-state index contributed by atoms with van der Waals surface area (Å²) in [5.41, 5.74) is 0. The minimum atomic E-state index is 0.497. The van der Waals surface area contributed by atoms with Crippen molar-refractivity contribution in [2.45, 2.75) is 44.9 Å². The molecule has 0 radical (unpaired) electrons. The van der Waals surface area contributed by atoms with Crippen LogP contribution in [0, 0.1) is 5.92 Å². The molecule has 4 heteroatoms.